The third kappa shape index (κ3) is 1.89. The molecule has 2 amide bonds. The Labute approximate surface area is 99.5 Å². The quantitative estimate of drug-likeness (QED) is 0.707. The molecule has 0 fully saturated rings. The Morgan fingerprint density at radius 3 is 2.59 bits per heavy atom. The normalized spacial score (nSPS) is 15.2. The van der Waals surface area contributed by atoms with Crippen molar-refractivity contribution >= 4 is 11.8 Å². The average molecular weight is 234 g/mol. The summed E-state index contributed by atoms with van der Waals surface area (Å²) >= 11 is 0. The van der Waals surface area contributed by atoms with Crippen LogP contribution in [0.4, 0.5) is 0 Å². The summed E-state index contributed by atoms with van der Waals surface area (Å²) in [6, 6.07) is 5.18. The van der Waals surface area contributed by atoms with Crippen molar-refractivity contribution in [2.24, 2.45) is 0 Å². The predicted octanol–water partition coefficient (Wildman–Crippen LogP) is 0.697. The number of hydrogen-bond donors (Lipinski definition) is 0. The molecule has 1 aliphatic rings. The Kier molecular flexibility index (Phi) is 2.85. The van der Waals surface area contributed by atoms with Crippen LogP contribution in [0.5, 0.6) is 5.75 Å². The first-order valence-corrected chi connectivity index (χ1v) is 5.26. The lowest BCUT2D eigenvalue weighted by molar-refractivity contribution is -0.138. The standard InChI is InChI=1S/C12H14N2O3/c1-13(2)14-11(15)6-8-4-5-9(17-3)7-10(8)12(14)16/h4-5,7H,6H2,1-3H3. The second-order valence-electron chi connectivity index (χ2n) is 4.06. The second kappa shape index (κ2) is 4.18. The fourth-order valence-corrected chi connectivity index (χ4v) is 1.91. The van der Waals surface area contributed by atoms with Gasteiger partial charge in [0.25, 0.3) is 5.91 Å². The third-order valence-corrected chi connectivity index (χ3v) is 2.72. The molecule has 1 aromatic carbocycles. The van der Waals surface area contributed by atoms with E-state index in [1.54, 1.807) is 39.4 Å². The number of carbonyl (C=O) groups excluding carboxylic acids is 2. The predicted molar refractivity (Wildman–Crippen MR) is 61.6 cm³/mol. The van der Waals surface area contributed by atoms with Gasteiger partial charge in [0.1, 0.15) is 5.75 Å². The zero-order valence-electron chi connectivity index (χ0n) is 10.1. The molecule has 90 valence electrons. The van der Waals surface area contributed by atoms with E-state index < -0.39 is 0 Å². The highest BCUT2D eigenvalue weighted by Gasteiger charge is 2.32. The number of nitrogens with zero attached hydrogens (tertiary/aromatic N) is 2. The molecule has 1 aromatic rings. The Hall–Kier alpha value is -1.88. The number of carbonyl (C=O) groups is 2. The summed E-state index contributed by atoms with van der Waals surface area (Å²) < 4.78 is 5.08. The maximum Gasteiger partial charge on any atom is 0.275 e. The number of hydrazine groups is 1. The van der Waals surface area contributed by atoms with E-state index in [1.165, 1.54) is 5.01 Å². The van der Waals surface area contributed by atoms with E-state index in [0.717, 1.165) is 10.6 Å². The van der Waals surface area contributed by atoms with Crippen LogP contribution in [-0.4, -0.2) is 43.0 Å². The van der Waals surface area contributed by atoms with Crippen LogP contribution in [0.1, 0.15) is 15.9 Å². The van der Waals surface area contributed by atoms with Crippen molar-refractivity contribution < 1.29 is 14.3 Å². The number of methoxy groups -OCH3 is 1. The van der Waals surface area contributed by atoms with Crippen LogP contribution in [0.25, 0.3) is 0 Å². The van der Waals surface area contributed by atoms with E-state index in [9.17, 15) is 9.59 Å². The summed E-state index contributed by atoms with van der Waals surface area (Å²) in [5.74, 6) is 0.1000. The van der Waals surface area contributed by atoms with Crippen molar-refractivity contribution in [3.05, 3.63) is 29.3 Å². The smallest absolute Gasteiger partial charge is 0.275 e. The Morgan fingerprint density at radius 2 is 2.00 bits per heavy atom. The summed E-state index contributed by atoms with van der Waals surface area (Å²) in [4.78, 5) is 23.9. The number of ether oxygens (including phenoxy) is 1. The fourth-order valence-electron chi connectivity index (χ4n) is 1.91. The van der Waals surface area contributed by atoms with Crippen molar-refractivity contribution in [3.63, 3.8) is 0 Å². The first-order chi connectivity index (χ1) is 8.04. The number of amides is 2. The van der Waals surface area contributed by atoms with Crippen LogP contribution < -0.4 is 4.74 Å². The van der Waals surface area contributed by atoms with E-state index in [4.69, 9.17) is 4.74 Å². The van der Waals surface area contributed by atoms with E-state index in [1.807, 2.05) is 0 Å². The molecule has 1 heterocycles. The first kappa shape index (κ1) is 11.6. The summed E-state index contributed by atoms with van der Waals surface area (Å²) in [6.07, 6.45) is 0.239. The second-order valence-corrected chi connectivity index (χ2v) is 4.06. The highest BCUT2D eigenvalue weighted by molar-refractivity contribution is 6.09. The molecule has 0 spiro atoms. The molecule has 0 N–H and O–H groups in total. The molecule has 0 radical (unpaired) electrons. The van der Waals surface area contributed by atoms with E-state index in [-0.39, 0.29) is 18.2 Å². The SMILES string of the molecule is COc1ccc2c(c1)C(=O)N(N(C)C)C(=O)C2. The molecule has 0 unspecified atom stereocenters. The topological polar surface area (TPSA) is 49.9 Å². The zero-order chi connectivity index (χ0) is 12.6. The maximum atomic E-state index is 12.1. The van der Waals surface area contributed by atoms with Crippen LogP contribution in [0, 0.1) is 0 Å². The molecule has 5 nitrogen and oxygen atoms in total. The molecule has 2 rings (SSSR count). The Bertz CT molecular complexity index is 483. The lowest BCUT2D eigenvalue weighted by Gasteiger charge is -2.31. The number of hydrogen-bond acceptors (Lipinski definition) is 4. The summed E-state index contributed by atoms with van der Waals surface area (Å²) in [5.41, 5.74) is 1.27. The monoisotopic (exact) mass is 234 g/mol. The largest absolute Gasteiger partial charge is 0.497 e. The van der Waals surface area contributed by atoms with E-state index >= 15 is 0 Å². The molecule has 0 saturated heterocycles. The summed E-state index contributed by atoms with van der Waals surface area (Å²) in [5, 5.41) is 2.63. The zero-order valence-corrected chi connectivity index (χ0v) is 10.1. The maximum absolute atomic E-state index is 12.1. The van der Waals surface area contributed by atoms with Crippen LogP contribution in [0.2, 0.25) is 0 Å². The average Bonchev–Trinajstić information content (AvgIpc) is 2.28. The van der Waals surface area contributed by atoms with Crippen molar-refractivity contribution in [3.8, 4) is 5.75 Å². The molecule has 0 bridgehead atoms. The number of imide groups is 1. The van der Waals surface area contributed by atoms with E-state index in [2.05, 4.69) is 0 Å². The van der Waals surface area contributed by atoms with Gasteiger partial charge in [-0.25, -0.2) is 10.0 Å². The molecule has 0 atom stereocenters. The molecule has 0 aliphatic carbocycles. The lowest BCUT2D eigenvalue weighted by atomic mass is 9.99. The Morgan fingerprint density at radius 1 is 1.29 bits per heavy atom. The van der Waals surface area contributed by atoms with Gasteiger partial charge in [-0.15, -0.1) is 0 Å². The van der Waals surface area contributed by atoms with Crippen molar-refractivity contribution in [2.75, 3.05) is 21.2 Å². The molecule has 0 aromatic heterocycles. The van der Waals surface area contributed by atoms with Gasteiger partial charge in [0.15, 0.2) is 0 Å². The van der Waals surface area contributed by atoms with Gasteiger partial charge in [-0.05, 0) is 17.7 Å². The van der Waals surface area contributed by atoms with Crippen molar-refractivity contribution in [2.45, 2.75) is 6.42 Å². The van der Waals surface area contributed by atoms with Gasteiger partial charge in [0, 0.05) is 19.7 Å². The van der Waals surface area contributed by atoms with Gasteiger partial charge in [0.05, 0.1) is 13.5 Å². The molecule has 5 heteroatoms. The first-order valence-electron chi connectivity index (χ1n) is 5.26. The van der Waals surface area contributed by atoms with Gasteiger partial charge >= 0.3 is 0 Å². The molecular weight excluding hydrogens is 220 g/mol. The highest BCUT2D eigenvalue weighted by atomic mass is 16.5. The number of benzene rings is 1. The van der Waals surface area contributed by atoms with Crippen molar-refractivity contribution in [1.29, 1.82) is 0 Å². The Balaban J connectivity index is 2.48. The van der Waals surface area contributed by atoms with Gasteiger partial charge in [-0.1, -0.05) is 6.07 Å². The van der Waals surface area contributed by atoms with Gasteiger partial charge in [-0.3, -0.25) is 9.59 Å². The molecular formula is C12H14N2O3. The van der Waals surface area contributed by atoms with Gasteiger partial charge in [-0.2, -0.15) is 0 Å². The minimum absolute atomic E-state index is 0.210. The molecule has 0 saturated carbocycles. The number of fused-ring (bicyclic) bond motifs is 1. The van der Waals surface area contributed by atoms with Crippen LogP contribution in [0.15, 0.2) is 18.2 Å². The summed E-state index contributed by atoms with van der Waals surface area (Å²) in [7, 11) is 4.88. The molecule has 17 heavy (non-hydrogen) atoms. The van der Waals surface area contributed by atoms with Crippen LogP contribution >= 0.6 is 0 Å². The third-order valence-electron chi connectivity index (χ3n) is 2.72. The van der Waals surface area contributed by atoms with Gasteiger partial charge < -0.3 is 4.74 Å². The van der Waals surface area contributed by atoms with Crippen LogP contribution in [0.3, 0.4) is 0 Å². The fraction of sp³-hybridized carbons (Fsp3) is 0.333. The lowest BCUT2D eigenvalue weighted by Crippen LogP contribution is -2.49. The van der Waals surface area contributed by atoms with Gasteiger partial charge in [0.2, 0.25) is 5.91 Å². The highest BCUT2D eigenvalue weighted by Crippen LogP contribution is 2.24. The minimum atomic E-state index is -0.305. The minimum Gasteiger partial charge on any atom is -0.497 e. The molecule has 1 aliphatic heterocycles. The van der Waals surface area contributed by atoms with E-state index in [0.29, 0.717) is 11.3 Å². The number of rotatable bonds is 2. The van der Waals surface area contributed by atoms with Crippen molar-refractivity contribution in [1.82, 2.24) is 10.0 Å². The summed E-state index contributed by atoms with van der Waals surface area (Å²) in [6.45, 7) is 0. The van der Waals surface area contributed by atoms with Crippen LogP contribution in [-0.2, 0) is 11.2 Å².